The standard InChI is InChI=1S/C15H17N5O2/c16-15(12-7-3-4-8-17-12)19-14-10-5-1-2-6-11(10)18-9-13(14)20(21)22/h1-2,5-6,9,12,17H,3-4,7-8H2,(H2,16,18,19). The van der Waals surface area contributed by atoms with E-state index in [0.29, 0.717) is 16.7 Å². The molecule has 0 radical (unpaired) electrons. The van der Waals surface area contributed by atoms with Gasteiger partial charge in [0.1, 0.15) is 12.0 Å². The molecule has 1 saturated heterocycles. The third-order valence-corrected chi connectivity index (χ3v) is 3.83. The number of benzene rings is 1. The number of fused-ring (bicyclic) bond motifs is 1. The molecule has 0 spiro atoms. The first-order chi connectivity index (χ1) is 10.7. The normalized spacial score (nSPS) is 19.3. The van der Waals surface area contributed by atoms with Gasteiger partial charge >= 0.3 is 5.69 Å². The molecule has 0 amide bonds. The van der Waals surface area contributed by atoms with Crippen LogP contribution in [-0.2, 0) is 0 Å². The van der Waals surface area contributed by atoms with Crippen molar-refractivity contribution >= 4 is 28.1 Å². The number of nitrogens with one attached hydrogen (secondary N) is 1. The fourth-order valence-corrected chi connectivity index (χ4v) is 2.68. The molecule has 1 aromatic heterocycles. The fraction of sp³-hybridized carbons (Fsp3) is 0.333. The maximum atomic E-state index is 11.3. The number of pyridine rings is 1. The topological polar surface area (TPSA) is 106 Å². The summed E-state index contributed by atoms with van der Waals surface area (Å²) in [6.07, 6.45) is 4.32. The van der Waals surface area contributed by atoms with Crippen LogP contribution in [0, 0.1) is 10.1 Å². The number of rotatable bonds is 3. The first-order valence-corrected chi connectivity index (χ1v) is 7.26. The highest BCUT2D eigenvalue weighted by Gasteiger charge is 2.21. The zero-order chi connectivity index (χ0) is 15.5. The van der Waals surface area contributed by atoms with E-state index in [1.54, 1.807) is 12.1 Å². The lowest BCUT2D eigenvalue weighted by Crippen LogP contribution is -2.44. The SMILES string of the molecule is NC(=Nc1c([N+](=O)[O-])cnc2ccccc12)C1CCCCN1. The van der Waals surface area contributed by atoms with E-state index in [2.05, 4.69) is 15.3 Å². The molecule has 1 aliphatic rings. The number of nitrogens with zero attached hydrogens (tertiary/aromatic N) is 3. The summed E-state index contributed by atoms with van der Waals surface area (Å²) in [4.78, 5) is 19.3. The van der Waals surface area contributed by atoms with Gasteiger partial charge < -0.3 is 11.1 Å². The first kappa shape index (κ1) is 14.4. The molecule has 7 nitrogen and oxygen atoms in total. The van der Waals surface area contributed by atoms with E-state index in [-0.39, 0.29) is 17.4 Å². The fourth-order valence-electron chi connectivity index (χ4n) is 2.68. The van der Waals surface area contributed by atoms with Crippen molar-refractivity contribution in [2.24, 2.45) is 10.7 Å². The van der Waals surface area contributed by atoms with Crippen molar-refractivity contribution < 1.29 is 4.92 Å². The molecule has 114 valence electrons. The Kier molecular flexibility index (Phi) is 3.97. The number of nitrogens with two attached hydrogens (primary N) is 1. The van der Waals surface area contributed by atoms with Crippen molar-refractivity contribution in [3.8, 4) is 0 Å². The molecule has 1 unspecified atom stereocenters. The van der Waals surface area contributed by atoms with Gasteiger partial charge in [-0.25, -0.2) is 9.98 Å². The lowest BCUT2D eigenvalue weighted by molar-refractivity contribution is -0.384. The van der Waals surface area contributed by atoms with Crippen LogP contribution >= 0.6 is 0 Å². The van der Waals surface area contributed by atoms with Crippen LogP contribution < -0.4 is 11.1 Å². The van der Waals surface area contributed by atoms with E-state index in [0.717, 1.165) is 25.8 Å². The molecule has 1 aromatic carbocycles. The van der Waals surface area contributed by atoms with Gasteiger partial charge in [0.25, 0.3) is 0 Å². The lowest BCUT2D eigenvalue weighted by atomic mass is 10.0. The van der Waals surface area contributed by atoms with Gasteiger partial charge in [0, 0.05) is 5.39 Å². The van der Waals surface area contributed by atoms with Crippen LogP contribution in [-0.4, -0.2) is 28.3 Å². The highest BCUT2D eigenvalue weighted by atomic mass is 16.6. The lowest BCUT2D eigenvalue weighted by Gasteiger charge is -2.22. The van der Waals surface area contributed by atoms with Crippen molar-refractivity contribution in [1.82, 2.24) is 10.3 Å². The molecule has 1 atom stereocenters. The molecule has 2 heterocycles. The molecular weight excluding hydrogens is 282 g/mol. The minimum Gasteiger partial charge on any atom is -0.386 e. The minimum atomic E-state index is -0.472. The Bertz CT molecular complexity index is 738. The summed E-state index contributed by atoms with van der Waals surface area (Å²) >= 11 is 0. The second-order valence-electron chi connectivity index (χ2n) is 5.31. The molecule has 0 bridgehead atoms. The van der Waals surface area contributed by atoms with Gasteiger partial charge in [0.15, 0.2) is 5.69 Å². The van der Waals surface area contributed by atoms with Crippen molar-refractivity contribution in [2.45, 2.75) is 25.3 Å². The van der Waals surface area contributed by atoms with Gasteiger partial charge in [-0.2, -0.15) is 0 Å². The molecular formula is C15H17N5O2. The Morgan fingerprint density at radius 2 is 2.23 bits per heavy atom. The molecule has 3 N–H and O–H groups in total. The third-order valence-electron chi connectivity index (χ3n) is 3.83. The molecule has 3 rings (SSSR count). The molecule has 7 heteroatoms. The van der Waals surface area contributed by atoms with E-state index in [4.69, 9.17) is 5.73 Å². The highest BCUT2D eigenvalue weighted by Crippen LogP contribution is 2.34. The van der Waals surface area contributed by atoms with Crippen LogP contribution in [0.15, 0.2) is 35.5 Å². The summed E-state index contributed by atoms with van der Waals surface area (Å²) in [5.41, 5.74) is 6.90. The second-order valence-corrected chi connectivity index (χ2v) is 5.31. The van der Waals surface area contributed by atoms with Crippen LogP contribution in [0.3, 0.4) is 0 Å². The number of nitro groups is 1. The number of aliphatic imine (C=N–C) groups is 1. The number of hydrogen-bond donors (Lipinski definition) is 2. The summed E-state index contributed by atoms with van der Waals surface area (Å²) < 4.78 is 0. The van der Waals surface area contributed by atoms with Crippen LogP contribution in [0.2, 0.25) is 0 Å². The average Bonchev–Trinajstić information content (AvgIpc) is 2.55. The largest absolute Gasteiger partial charge is 0.386 e. The van der Waals surface area contributed by atoms with E-state index in [9.17, 15) is 10.1 Å². The van der Waals surface area contributed by atoms with E-state index >= 15 is 0 Å². The predicted octanol–water partition coefficient (Wildman–Crippen LogP) is 2.27. The van der Waals surface area contributed by atoms with Crippen LogP contribution in [0.5, 0.6) is 0 Å². The molecule has 0 aliphatic carbocycles. The van der Waals surface area contributed by atoms with Crippen LogP contribution in [0.25, 0.3) is 10.9 Å². The summed E-state index contributed by atoms with van der Waals surface area (Å²) in [6.45, 7) is 0.889. The maximum absolute atomic E-state index is 11.3. The number of amidine groups is 1. The zero-order valence-electron chi connectivity index (χ0n) is 12.0. The number of piperidine rings is 1. The van der Waals surface area contributed by atoms with Gasteiger partial charge in [-0.05, 0) is 25.5 Å². The summed E-state index contributed by atoms with van der Waals surface area (Å²) in [7, 11) is 0. The minimum absolute atomic E-state index is 0.0275. The summed E-state index contributed by atoms with van der Waals surface area (Å²) in [5.74, 6) is 0.388. The van der Waals surface area contributed by atoms with E-state index in [1.165, 1.54) is 6.20 Å². The number of hydrogen-bond acceptors (Lipinski definition) is 5. The monoisotopic (exact) mass is 299 g/mol. The maximum Gasteiger partial charge on any atom is 0.313 e. The highest BCUT2D eigenvalue weighted by molar-refractivity contribution is 5.98. The number of para-hydroxylation sites is 1. The van der Waals surface area contributed by atoms with Crippen molar-refractivity contribution in [3.05, 3.63) is 40.6 Å². The van der Waals surface area contributed by atoms with Crippen molar-refractivity contribution in [2.75, 3.05) is 6.54 Å². The molecule has 1 fully saturated rings. The number of aromatic nitrogens is 1. The van der Waals surface area contributed by atoms with Gasteiger partial charge in [-0.1, -0.05) is 24.6 Å². The van der Waals surface area contributed by atoms with E-state index < -0.39 is 4.92 Å². The van der Waals surface area contributed by atoms with Gasteiger partial charge in [0.2, 0.25) is 0 Å². The quantitative estimate of drug-likeness (QED) is 0.391. The molecule has 2 aromatic rings. The van der Waals surface area contributed by atoms with Crippen LogP contribution in [0.4, 0.5) is 11.4 Å². The van der Waals surface area contributed by atoms with Crippen molar-refractivity contribution in [1.29, 1.82) is 0 Å². The first-order valence-electron chi connectivity index (χ1n) is 7.26. The van der Waals surface area contributed by atoms with E-state index in [1.807, 2.05) is 12.1 Å². The van der Waals surface area contributed by atoms with Crippen LogP contribution in [0.1, 0.15) is 19.3 Å². The van der Waals surface area contributed by atoms with Gasteiger partial charge in [-0.3, -0.25) is 10.1 Å². The smallest absolute Gasteiger partial charge is 0.313 e. The van der Waals surface area contributed by atoms with Gasteiger partial charge in [0.05, 0.1) is 16.5 Å². The zero-order valence-corrected chi connectivity index (χ0v) is 12.0. The van der Waals surface area contributed by atoms with Crippen molar-refractivity contribution in [3.63, 3.8) is 0 Å². The second kappa shape index (κ2) is 6.07. The van der Waals surface area contributed by atoms with Gasteiger partial charge in [-0.15, -0.1) is 0 Å². The molecule has 22 heavy (non-hydrogen) atoms. The summed E-state index contributed by atoms with van der Waals surface area (Å²) in [6, 6.07) is 7.19. The Morgan fingerprint density at radius 1 is 1.41 bits per heavy atom. The third kappa shape index (κ3) is 2.75. The Morgan fingerprint density at radius 3 is 2.95 bits per heavy atom. The Hall–Kier alpha value is -2.54. The molecule has 0 saturated carbocycles. The average molecular weight is 299 g/mol. The Labute approximate surface area is 127 Å². The summed E-state index contributed by atoms with van der Waals surface area (Å²) in [5, 5.41) is 15.2. The predicted molar refractivity (Wildman–Crippen MR) is 85.3 cm³/mol. The Balaban J connectivity index is 2.11. The molecule has 1 aliphatic heterocycles.